The van der Waals surface area contributed by atoms with Crippen LogP contribution < -0.4 is 5.73 Å². The van der Waals surface area contributed by atoms with Crippen molar-refractivity contribution >= 4 is 5.95 Å². The average molecular weight is 181 g/mol. The van der Waals surface area contributed by atoms with E-state index in [2.05, 4.69) is 25.8 Å². The molecule has 0 spiro atoms. The van der Waals surface area contributed by atoms with Crippen LogP contribution >= 0.6 is 0 Å². The van der Waals surface area contributed by atoms with Crippen molar-refractivity contribution in [3.05, 3.63) is 12.4 Å². The third-order valence-corrected chi connectivity index (χ3v) is 2.34. The van der Waals surface area contributed by atoms with Crippen LogP contribution in [0.4, 0.5) is 5.95 Å². The van der Waals surface area contributed by atoms with Crippen LogP contribution in [0, 0.1) is 5.92 Å². The van der Waals surface area contributed by atoms with Crippen molar-refractivity contribution in [2.24, 2.45) is 5.92 Å². The van der Waals surface area contributed by atoms with Crippen molar-refractivity contribution in [1.82, 2.24) is 9.55 Å². The van der Waals surface area contributed by atoms with Crippen molar-refractivity contribution < 1.29 is 0 Å². The first-order valence-electron chi connectivity index (χ1n) is 4.89. The molecule has 3 heteroatoms. The summed E-state index contributed by atoms with van der Waals surface area (Å²) in [5, 5.41) is 0. The fraction of sp³-hybridized carbons (Fsp3) is 0.700. The third-order valence-electron chi connectivity index (χ3n) is 2.34. The molecule has 0 aliphatic rings. The summed E-state index contributed by atoms with van der Waals surface area (Å²) in [4.78, 5) is 4.01. The lowest BCUT2D eigenvalue weighted by molar-refractivity contribution is 0.443. The third kappa shape index (κ3) is 2.76. The number of imidazole rings is 1. The molecule has 1 unspecified atom stereocenters. The van der Waals surface area contributed by atoms with Crippen LogP contribution in [0.25, 0.3) is 0 Å². The number of rotatable bonds is 4. The molecule has 74 valence electrons. The van der Waals surface area contributed by atoms with Gasteiger partial charge in [-0.05, 0) is 25.7 Å². The summed E-state index contributed by atoms with van der Waals surface area (Å²) in [5.41, 5.74) is 5.70. The van der Waals surface area contributed by atoms with Gasteiger partial charge in [-0.15, -0.1) is 0 Å². The molecule has 13 heavy (non-hydrogen) atoms. The Balaban J connectivity index is 2.49. The Morgan fingerprint density at radius 2 is 2.08 bits per heavy atom. The maximum Gasteiger partial charge on any atom is 0.200 e. The first kappa shape index (κ1) is 10.1. The topological polar surface area (TPSA) is 43.8 Å². The predicted molar refractivity (Wildman–Crippen MR) is 55.4 cm³/mol. The van der Waals surface area contributed by atoms with Crippen LogP contribution in [0.5, 0.6) is 0 Å². The largest absolute Gasteiger partial charge is 0.369 e. The van der Waals surface area contributed by atoms with Gasteiger partial charge in [0.25, 0.3) is 0 Å². The van der Waals surface area contributed by atoms with E-state index < -0.39 is 0 Å². The summed E-state index contributed by atoms with van der Waals surface area (Å²) in [7, 11) is 0. The van der Waals surface area contributed by atoms with Crippen molar-refractivity contribution in [2.75, 3.05) is 5.73 Å². The summed E-state index contributed by atoms with van der Waals surface area (Å²) in [5.74, 6) is 1.38. The van der Waals surface area contributed by atoms with Crippen LogP contribution in [0.15, 0.2) is 12.4 Å². The summed E-state index contributed by atoms with van der Waals surface area (Å²) in [6.07, 6.45) is 6.10. The standard InChI is InChI=1S/C10H19N3/c1-8(2)4-5-9(3)13-7-6-12-10(13)11/h6-9H,4-5H2,1-3H3,(H2,11,12). The van der Waals surface area contributed by atoms with Crippen molar-refractivity contribution in [3.63, 3.8) is 0 Å². The Morgan fingerprint density at radius 3 is 2.54 bits per heavy atom. The molecule has 1 aromatic rings. The lowest BCUT2D eigenvalue weighted by Crippen LogP contribution is -2.08. The van der Waals surface area contributed by atoms with Gasteiger partial charge < -0.3 is 10.3 Å². The smallest absolute Gasteiger partial charge is 0.200 e. The highest BCUT2D eigenvalue weighted by molar-refractivity contribution is 5.17. The SMILES string of the molecule is CC(C)CCC(C)n1ccnc1N. The molecule has 0 saturated carbocycles. The second-order valence-electron chi connectivity index (χ2n) is 4.01. The molecule has 1 aromatic heterocycles. The number of nitrogens with zero attached hydrogens (tertiary/aromatic N) is 2. The van der Waals surface area contributed by atoms with Crippen molar-refractivity contribution in [3.8, 4) is 0 Å². The molecular weight excluding hydrogens is 162 g/mol. The fourth-order valence-electron chi connectivity index (χ4n) is 1.41. The minimum atomic E-state index is 0.463. The minimum Gasteiger partial charge on any atom is -0.369 e. The van der Waals surface area contributed by atoms with Gasteiger partial charge in [-0.3, -0.25) is 0 Å². The fourth-order valence-corrected chi connectivity index (χ4v) is 1.41. The molecule has 0 aliphatic heterocycles. The van der Waals surface area contributed by atoms with Gasteiger partial charge >= 0.3 is 0 Å². The molecule has 3 nitrogen and oxygen atoms in total. The highest BCUT2D eigenvalue weighted by Gasteiger charge is 2.07. The van der Waals surface area contributed by atoms with Crippen molar-refractivity contribution in [1.29, 1.82) is 0 Å². The highest BCUT2D eigenvalue weighted by Crippen LogP contribution is 2.18. The number of nitrogen functional groups attached to an aromatic ring is 1. The van der Waals surface area contributed by atoms with E-state index in [0.717, 1.165) is 12.3 Å². The first-order valence-corrected chi connectivity index (χ1v) is 4.89. The van der Waals surface area contributed by atoms with E-state index in [-0.39, 0.29) is 0 Å². The number of anilines is 1. The molecular formula is C10H19N3. The minimum absolute atomic E-state index is 0.463. The van der Waals surface area contributed by atoms with E-state index >= 15 is 0 Å². The van der Waals surface area contributed by atoms with Crippen LogP contribution in [0.2, 0.25) is 0 Å². The molecule has 1 atom stereocenters. The molecule has 0 radical (unpaired) electrons. The van der Waals surface area contributed by atoms with Crippen LogP contribution in [-0.2, 0) is 0 Å². The summed E-state index contributed by atoms with van der Waals surface area (Å²) in [6.45, 7) is 6.66. The zero-order valence-electron chi connectivity index (χ0n) is 8.70. The molecule has 1 heterocycles. The Labute approximate surface area is 80.0 Å². The highest BCUT2D eigenvalue weighted by atomic mass is 15.1. The molecule has 2 N–H and O–H groups in total. The van der Waals surface area contributed by atoms with E-state index in [0.29, 0.717) is 12.0 Å². The van der Waals surface area contributed by atoms with Crippen LogP contribution in [0.3, 0.4) is 0 Å². The zero-order chi connectivity index (χ0) is 9.84. The van der Waals surface area contributed by atoms with E-state index in [1.165, 1.54) is 6.42 Å². The Kier molecular flexibility index (Phi) is 3.34. The van der Waals surface area contributed by atoms with Gasteiger partial charge in [-0.25, -0.2) is 4.98 Å². The first-order chi connectivity index (χ1) is 6.11. The average Bonchev–Trinajstić information content (AvgIpc) is 2.47. The van der Waals surface area contributed by atoms with E-state index in [9.17, 15) is 0 Å². The van der Waals surface area contributed by atoms with Gasteiger partial charge in [0.1, 0.15) is 0 Å². The maximum atomic E-state index is 5.70. The number of hydrogen-bond acceptors (Lipinski definition) is 2. The molecule has 0 saturated heterocycles. The second-order valence-corrected chi connectivity index (χ2v) is 4.01. The molecule has 0 fully saturated rings. The summed E-state index contributed by atoms with van der Waals surface area (Å²) in [6, 6.07) is 0.463. The van der Waals surface area contributed by atoms with Gasteiger partial charge in [-0.2, -0.15) is 0 Å². The van der Waals surface area contributed by atoms with Gasteiger partial charge in [0.15, 0.2) is 5.95 Å². The Bertz CT molecular complexity index is 252. The summed E-state index contributed by atoms with van der Waals surface area (Å²) >= 11 is 0. The molecule has 0 bridgehead atoms. The van der Waals surface area contributed by atoms with Gasteiger partial charge in [0.05, 0.1) is 0 Å². The molecule has 0 aliphatic carbocycles. The Morgan fingerprint density at radius 1 is 1.38 bits per heavy atom. The van der Waals surface area contributed by atoms with Crippen LogP contribution in [-0.4, -0.2) is 9.55 Å². The maximum absolute atomic E-state index is 5.70. The number of aromatic nitrogens is 2. The monoisotopic (exact) mass is 181 g/mol. The normalized spacial score (nSPS) is 13.5. The second kappa shape index (κ2) is 4.30. The molecule has 1 rings (SSSR count). The van der Waals surface area contributed by atoms with E-state index in [1.54, 1.807) is 6.20 Å². The summed E-state index contributed by atoms with van der Waals surface area (Å²) < 4.78 is 2.03. The van der Waals surface area contributed by atoms with Crippen molar-refractivity contribution in [2.45, 2.75) is 39.7 Å². The lowest BCUT2D eigenvalue weighted by Gasteiger charge is -2.15. The van der Waals surface area contributed by atoms with E-state index in [4.69, 9.17) is 5.73 Å². The quantitative estimate of drug-likeness (QED) is 0.775. The number of nitrogens with two attached hydrogens (primary N) is 1. The number of hydrogen-bond donors (Lipinski definition) is 1. The van der Waals surface area contributed by atoms with Gasteiger partial charge in [0.2, 0.25) is 0 Å². The molecule has 0 amide bonds. The van der Waals surface area contributed by atoms with E-state index in [1.807, 2.05) is 10.8 Å². The van der Waals surface area contributed by atoms with Gasteiger partial charge in [0, 0.05) is 18.4 Å². The predicted octanol–water partition coefficient (Wildman–Crippen LogP) is 2.46. The van der Waals surface area contributed by atoms with Crippen LogP contribution in [0.1, 0.15) is 39.7 Å². The molecule has 0 aromatic carbocycles. The van der Waals surface area contributed by atoms with Gasteiger partial charge in [-0.1, -0.05) is 13.8 Å². The Hall–Kier alpha value is -0.990. The lowest BCUT2D eigenvalue weighted by atomic mass is 10.0. The zero-order valence-corrected chi connectivity index (χ0v) is 8.70.